The summed E-state index contributed by atoms with van der Waals surface area (Å²) in [5, 5.41) is 10.5. The second-order valence-corrected chi connectivity index (χ2v) is 8.79. The molecule has 1 unspecified atom stereocenters. The van der Waals surface area contributed by atoms with Gasteiger partial charge in [0.15, 0.2) is 0 Å². The van der Waals surface area contributed by atoms with Gasteiger partial charge in [0.25, 0.3) is 5.89 Å². The topological polar surface area (TPSA) is 60.6 Å². The van der Waals surface area contributed by atoms with Gasteiger partial charge in [-0.25, -0.2) is 0 Å². The molecule has 1 saturated heterocycles. The fourth-order valence-corrected chi connectivity index (χ4v) is 4.71. The summed E-state index contributed by atoms with van der Waals surface area (Å²) in [7, 11) is 3.39. The highest BCUT2D eigenvalue weighted by molar-refractivity contribution is 7.13. The van der Waals surface area contributed by atoms with Crippen LogP contribution in [0.1, 0.15) is 43.7 Å². The summed E-state index contributed by atoms with van der Waals surface area (Å²) in [5.41, 5.74) is 1.27. The highest BCUT2D eigenvalue weighted by atomic mass is 32.1. The molecule has 1 aliphatic heterocycles. The molecule has 1 aromatic carbocycles. The molecular weight excluding hydrogens is 398 g/mol. The first-order valence-corrected chi connectivity index (χ1v) is 11.4. The summed E-state index contributed by atoms with van der Waals surface area (Å²) in [4.78, 5) is 3.48. The van der Waals surface area contributed by atoms with Gasteiger partial charge in [-0.15, -0.1) is 21.5 Å². The number of ether oxygens (including phenoxy) is 2. The minimum atomic E-state index is 0.148. The van der Waals surface area contributed by atoms with Crippen molar-refractivity contribution in [1.29, 1.82) is 0 Å². The van der Waals surface area contributed by atoms with Crippen LogP contribution < -0.4 is 9.47 Å². The minimum absolute atomic E-state index is 0.148. The van der Waals surface area contributed by atoms with Gasteiger partial charge >= 0.3 is 0 Å². The van der Waals surface area contributed by atoms with Crippen LogP contribution in [0, 0.1) is 5.92 Å². The zero-order chi connectivity index (χ0) is 20.9. The van der Waals surface area contributed by atoms with Crippen LogP contribution in [0.15, 0.2) is 40.1 Å². The molecule has 0 bridgehead atoms. The fourth-order valence-electron chi connectivity index (χ4n) is 4.07. The smallest absolute Gasteiger partial charge is 0.257 e. The van der Waals surface area contributed by atoms with Gasteiger partial charge in [-0.05, 0) is 80.8 Å². The lowest BCUT2D eigenvalue weighted by Gasteiger charge is -2.34. The van der Waals surface area contributed by atoms with Gasteiger partial charge in [-0.2, -0.15) is 0 Å². The number of thiophene rings is 1. The number of aromatic nitrogens is 2. The summed E-state index contributed by atoms with van der Waals surface area (Å²) >= 11 is 1.62. The summed E-state index contributed by atoms with van der Waals surface area (Å²) in [6.45, 7) is 4.28. The number of methoxy groups -OCH3 is 2. The number of benzene rings is 1. The number of likely N-dealkylation sites (tertiary alicyclic amines) is 1. The van der Waals surface area contributed by atoms with Crippen LogP contribution in [0.2, 0.25) is 0 Å². The summed E-state index contributed by atoms with van der Waals surface area (Å²) in [5.74, 6) is 3.77. The molecule has 0 saturated carbocycles. The van der Waals surface area contributed by atoms with E-state index in [0.29, 0.717) is 11.8 Å². The van der Waals surface area contributed by atoms with E-state index in [0.717, 1.165) is 41.8 Å². The number of aryl methyl sites for hydroxylation is 1. The van der Waals surface area contributed by atoms with Crippen LogP contribution in [0.3, 0.4) is 0 Å². The van der Waals surface area contributed by atoms with Gasteiger partial charge in [0.1, 0.15) is 11.5 Å². The largest absolute Gasteiger partial charge is 0.497 e. The molecular formula is C23H29N3O3S. The Morgan fingerprint density at radius 1 is 1.13 bits per heavy atom. The Kier molecular flexibility index (Phi) is 6.69. The quantitative estimate of drug-likeness (QED) is 0.491. The van der Waals surface area contributed by atoms with Gasteiger partial charge in [-0.3, -0.25) is 4.90 Å². The van der Waals surface area contributed by atoms with E-state index in [-0.39, 0.29) is 6.04 Å². The van der Waals surface area contributed by atoms with Crippen LogP contribution in [0.25, 0.3) is 10.8 Å². The molecule has 2 aromatic heterocycles. The number of hydrogen-bond acceptors (Lipinski definition) is 7. The molecule has 160 valence electrons. The van der Waals surface area contributed by atoms with Crippen molar-refractivity contribution in [2.75, 3.05) is 27.3 Å². The second-order valence-electron chi connectivity index (χ2n) is 7.84. The Hall–Kier alpha value is -2.38. The number of piperidine rings is 1. The average Bonchev–Trinajstić information content (AvgIpc) is 3.49. The van der Waals surface area contributed by atoms with E-state index < -0.39 is 0 Å². The van der Waals surface area contributed by atoms with Crippen molar-refractivity contribution in [3.8, 4) is 22.3 Å². The Morgan fingerprint density at radius 3 is 2.50 bits per heavy atom. The van der Waals surface area contributed by atoms with Crippen LogP contribution in [0.4, 0.5) is 0 Å². The third-order valence-corrected chi connectivity index (χ3v) is 6.84. The van der Waals surface area contributed by atoms with Crippen molar-refractivity contribution in [3.63, 3.8) is 0 Å². The van der Waals surface area contributed by atoms with E-state index in [1.807, 2.05) is 23.6 Å². The van der Waals surface area contributed by atoms with Crippen molar-refractivity contribution in [2.45, 2.75) is 38.6 Å². The number of rotatable bonds is 8. The molecule has 7 heteroatoms. The maximum Gasteiger partial charge on any atom is 0.257 e. The predicted octanol–water partition coefficient (Wildman–Crippen LogP) is 5.22. The normalized spacial score (nSPS) is 16.5. The molecule has 4 rings (SSSR count). The van der Waals surface area contributed by atoms with Crippen LogP contribution in [0.5, 0.6) is 11.5 Å². The molecule has 0 aliphatic carbocycles. The molecule has 30 heavy (non-hydrogen) atoms. The van der Waals surface area contributed by atoms with Gasteiger partial charge in [-0.1, -0.05) is 6.07 Å². The molecule has 1 fully saturated rings. The third kappa shape index (κ3) is 4.84. The summed E-state index contributed by atoms with van der Waals surface area (Å²) in [6.07, 6.45) is 4.61. The van der Waals surface area contributed by atoms with E-state index in [9.17, 15) is 0 Å². The highest BCUT2D eigenvalue weighted by Gasteiger charge is 2.27. The molecule has 0 N–H and O–H groups in total. The Morgan fingerprint density at radius 2 is 1.87 bits per heavy atom. The highest BCUT2D eigenvalue weighted by Crippen LogP contribution is 2.31. The SMILES string of the molecule is COc1cc(CCC2CCN(C(C)c3nnc(-c4cccs4)o3)CC2)cc(OC)c1. The molecule has 0 radical (unpaired) electrons. The first-order chi connectivity index (χ1) is 14.7. The van der Waals surface area contributed by atoms with E-state index in [1.165, 1.54) is 24.8 Å². The molecule has 6 nitrogen and oxygen atoms in total. The van der Waals surface area contributed by atoms with E-state index in [2.05, 4.69) is 34.2 Å². The van der Waals surface area contributed by atoms with Gasteiger partial charge in [0.2, 0.25) is 5.89 Å². The average molecular weight is 428 g/mol. The minimum Gasteiger partial charge on any atom is -0.497 e. The Balaban J connectivity index is 1.29. The van der Waals surface area contributed by atoms with Crippen LogP contribution in [-0.2, 0) is 6.42 Å². The Bertz CT molecular complexity index is 911. The molecule has 0 spiro atoms. The van der Waals surface area contributed by atoms with E-state index in [4.69, 9.17) is 13.9 Å². The monoisotopic (exact) mass is 427 g/mol. The lowest BCUT2D eigenvalue weighted by molar-refractivity contribution is 0.122. The molecule has 1 atom stereocenters. The zero-order valence-corrected chi connectivity index (χ0v) is 18.7. The molecule has 1 aliphatic rings. The number of hydrogen-bond donors (Lipinski definition) is 0. The molecule has 3 aromatic rings. The summed E-state index contributed by atoms with van der Waals surface area (Å²) in [6, 6.07) is 10.3. The molecule has 3 heterocycles. The maximum absolute atomic E-state index is 5.94. The summed E-state index contributed by atoms with van der Waals surface area (Å²) < 4.78 is 16.7. The Labute approximate surface area is 181 Å². The first kappa shape index (κ1) is 20.9. The lowest BCUT2D eigenvalue weighted by atomic mass is 9.90. The fraction of sp³-hybridized carbons (Fsp3) is 0.478. The van der Waals surface area contributed by atoms with Gasteiger partial charge in [0.05, 0.1) is 25.1 Å². The lowest BCUT2D eigenvalue weighted by Crippen LogP contribution is -2.36. The van der Waals surface area contributed by atoms with Crippen molar-refractivity contribution < 1.29 is 13.9 Å². The van der Waals surface area contributed by atoms with Gasteiger partial charge in [0, 0.05) is 6.07 Å². The standard InChI is InChI=1S/C23H29N3O3S/c1-16(22-24-25-23(29-22)21-5-4-12-30-21)26-10-8-17(9-11-26)6-7-18-13-19(27-2)15-20(14-18)28-3/h4-5,12-17H,6-11H2,1-3H3. The van der Waals surface area contributed by atoms with E-state index in [1.54, 1.807) is 25.6 Å². The second kappa shape index (κ2) is 9.62. The van der Waals surface area contributed by atoms with Crippen molar-refractivity contribution in [1.82, 2.24) is 15.1 Å². The van der Waals surface area contributed by atoms with Crippen LogP contribution >= 0.6 is 11.3 Å². The first-order valence-electron chi connectivity index (χ1n) is 10.5. The van der Waals surface area contributed by atoms with Gasteiger partial charge < -0.3 is 13.9 Å². The van der Waals surface area contributed by atoms with E-state index >= 15 is 0 Å². The third-order valence-electron chi connectivity index (χ3n) is 5.98. The molecule has 0 amide bonds. The van der Waals surface area contributed by atoms with Crippen LogP contribution in [-0.4, -0.2) is 42.4 Å². The van der Waals surface area contributed by atoms with Crippen molar-refractivity contribution >= 4 is 11.3 Å². The number of nitrogens with zero attached hydrogens (tertiary/aromatic N) is 3. The van der Waals surface area contributed by atoms with Crippen molar-refractivity contribution in [3.05, 3.63) is 47.2 Å². The zero-order valence-electron chi connectivity index (χ0n) is 17.8. The predicted molar refractivity (Wildman–Crippen MR) is 118 cm³/mol. The maximum atomic E-state index is 5.94. The van der Waals surface area contributed by atoms with Crippen molar-refractivity contribution in [2.24, 2.45) is 5.92 Å².